The number of phenols is 1. The number of rotatable bonds is 7. The molecule has 0 saturated carbocycles. The van der Waals surface area contributed by atoms with Gasteiger partial charge in [0.1, 0.15) is 0 Å². The Kier molecular flexibility index (Phi) is 8.89. The van der Waals surface area contributed by atoms with Crippen LogP contribution in [0.5, 0.6) is 11.5 Å². The summed E-state index contributed by atoms with van der Waals surface area (Å²) in [6.45, 7) is 2.70. The highest BCUT2D eigenvalue weighted by Crippen LogP contribution is 2.31. The van der Waals surface area contributed by atoms with Crippen LogP contribution in [0.15, 0.2) is 18.2 Å². The van der Waals surface area contributed by atoms with Crippen molar-refractivity contribution in [1.82, 2.24) is 10.2 Å². The first-order valence-electron chi connectivity index (χ1n) is 8.21. The number of aromatic hydroxyl groups is 1. The summed E-state index contributed by atoms with van der Waals surface area (Å²) in [4.78, 5) is 14.0. The third-order valence-corrected chi connectivity index (χ3v) is 4.31. The van der Waals surface area contributed by atoms with Gasteiger partial charge in [0, 0.05) is 37.7 Å². The van der Waals surface area contributed by atoms with E-state index in [2.05, 4.69) is 10.2 Å². The Morgan fingerprint density at radius 2 is 2.25 bits per heavy atom. The Balaban J connectivity index is 0.00000288. The van der Waals surface area contributed by atoms with Crippen molar-refractivity contribution < 1.29 is 14.6 Å². The molecule has 7 heteroatoms. The second-order valence-electron chi connectivity index (χ2n) is 5.93. The number of phenolic OH excluding ortho intramolecular Hbond substituents is 1. The second kappa shape index (κ2) is 10.4. The predicted octanol–water partition coefficient (Wildman–Crippen LogP) is 1.64. The maximum absolute atomic E-state index is 11.6. The van der Waals surface area contributed by atoms with Gasteiger partial charge < -0.3 is 20.9 Å². The minimum absolute atomic E-state index is 0. The number of nitrogens with two attached hydrogens (primary N) is 1. The van der Waals surface area contributed by atoms with Crippen molar-refractivity contribution in [3.8, 4) is 11.5 Å². The lowest BCUT2D eigenvalue weighted by Gasteiger charge is -2.36. The summed E-state index contributed by atoms with van der Waals surface area (Å²) in [5, 5.41) is 12.9. The van der Waals surface area contributed by atoms with Crippen LogP contribution in [0.25, 0.3) is 0 Å². The Bertz CT molecular complexity index is 528. The van der Waals surface area contributed by atoms with Crippen LogP contribution < -0.4 is 15.8 Å². The summed E-state index contributed by atoms with van der Waals surface area (Å²) in [5.41, 5.74) is 6.37. The van der Waals surface area contributed by atoms with Gasteiger partial charge >= 0.3 is 0 Å². The van der Waals surface area contributed by atoms with Crippen LogP contribution in [0, 0.1) is 0 Å². The molecule has 24 heavy (non-hydrogen) atoms. The molecule has 1 fully saturated rings. The van der Waals surface area contributed by atoms with Gasteiger partial charge in [-0.3, -0.25) is 9.69 Å². The van der Waals surface area contributed by atoms with Gasteiger partial charge in [-0.2, -0.15) is 0 Å². The van der Waals surface area contributed by atoms with Gasteiger partial charge in [-0.1, -0.05) is 18.6 Å². The van der Waals surface area contributed by atoms with Gasteiger partial charge in [0.15, 0.2) is 11.5 Å². The maximum Gasteiger partial charge on any atom is 0.221 e. The molecule has 0 radical (unpaired) electrons. The summed E-state index contributed by atoms with van der Waals surface area (Å²) in [7, 11) is 1.57. The highest BCUT2D eigenvalue weighted by molar-refractivity contribution is 5.85. The SMILES string of the molecule is COc1c(O)cccc1CN1CCCCC1CNC(=O)CCN.Cl. The number of halogens is 1. The molecular formula is C17H28ClN3O3. The quantitative estimate of drug-likeness (QED) is 0.690. The molecule has 1 aromatic carbocycles. The number of methoxy groups -OCH3 is 1. The first-order chi connectivity index (χ1) is 11.2. The number of carbonyl (C=O) groups is 1. The highest BCUT2D eigenvalue weighted by Gasteiger charge is 2.24. The van der Waals surface area contributed by atoms with Crippen LogP contribution in [0.2, 0.25) is 0 Å². The van der Waals surface area contributed by atoms with E-state index in [0.29, 0.717) is 37.8 Å². The third-order valence-electron chi connectivity index (χ3n) is 4.31. The molecule has 1 amide bonds. The molecule has 1 atom stereocenters. The molecule has 1 heterocycles. The first-order valence-corrected chi connectivity index (χ1v) is 8.21. The minimum atomic E-state index is 0. The van der Waals surface area contributed by atoms with Gasteiger partial charge in [-0.05, 0) is 25.5 Å². The third kappa shape index (κ3) is 5.54. The predicted molar refractivity (Wildman–Crippen MR) is 96.6 cm³/mol. The summed E-state index contributed by atoms with van der Waals surface area (Å²) >= 11 is 0. The average molecular weight is 358 g/mol. The molecule has 0 aliphatic carbocycles. The summed E-state index contributed by atoms with van der Waals surface area (Å²) in [5.74, 6) is 0.701. The van der Waals surface area contributed by atoms with E-state index in [4.69, 9.17) is 10.5 Å². The molecule has 0 spiro atoms. The molecule has 1 aliphatic heterocycles. The molecule has 6 nitrogen and oxygen atoms in total. The van der Waals surface area contributed by atoms with Crippen molar-refractivity contribution >= 4 is 18.3 Å². The normalized spacial score (nSPS) is 17.8. The number of amides is 1. The number of piperidine rings is 1. The fourth-order valence-corrected chi connectivity index (χ4v) is 3.10. The van der Waals surface area contributed by atoms with Crippen LogP contribution in [0.3, 0.4) is 0 Å². The van der Waals surface area contributed by atoms with Crippen molar-refractivity contribution in [2.75, 3.05) is 26.7 Å². The lowest BCUT2D eigenvalue weighted by molar-refractivity contribution is -0.121. The average Bonchev–Trinajstić information content (AvgIpc) is 2.54. The van der Waals surface area contributed by atoms with Crippen molar-refractivity contribution in [2.24, 2.45) is 5.73 Å². The zero-order valence-corrected chi connectivity index (χ0v) is 15.0. The molecule has 0 bridgehead atoms. The zero-order chi connectivity index (χ0) is 16.7. The molecule has 1 aliphatic rings. The largest absolute Gasteiger partial charge is 0.504 e. The lowest BCUT2D eigenvalue weighted by atomic mass is 10.0. The zero-order valence-electron chi connectivity index (χ0n) is 14.2. The van der Waals surface area contributed by atoms with Crippen molar-refractivity contribution in [1.29, 1.82) is 0 Å². The van der Waals surface area contributed by atoms with Crippen molar-refractivity contribution in [3.05, 3.63) is 23.8 Å². The number of nitrogens with one attached hydrogen (secondary N) is 1. The molecule has 0 aromatic heterocycles. The Labute approximate surface area is 149 Å². The number of hydrogen-bond donors (Lipinski definition) is 3. The molecule has 4 N–H and O–H groups in total. The van der Waals surface area contributed by atoms with E-state index in [1.165, 1.54) is 6.42 Å². The first kappa shape index (κ1) is 20.5. The molecular weight excluding hydrogens is 330 g/mol. The fourth-order valence-electron chi connectivity index (χ4n) is 3.10. The highest BCUT2D eigenvalue weighted by atomic mass is 35.5. The number of para-hydroxylation sites is 1. The van der Waals surface area contributed by atoms with Crippen LogP contribution in [0.1, 0.15) is 31.2 Å². The second-order valence-corrected chi connectivity index (χ2v) is 5.93. The Hall–Kier alpha value is -1.50. The molecule has 1 saturated heterocycles. The molecule has 136 valence electrons. The van der Waals surface area contributed by atoms with E-state index in [-0.39, 0.29) is 24.1 Å². The summed E-state index contributed by atoms with van der Waals surface area (Å²) < 4.78 is 5.32. The van der Waals surface area contributed by atoms with Crippen LogP contribution in [-0.2, 0) is 11.3 Å². The minimum Gasteiger partial charge on any atom is -0.504 e. The van der Waals surface area contributed by atoms with Gasteiger partial charge in [-0.15, -0.1) is 12.4 Å². The van der Waals surface area contributed by atoms with E-state index in [9.17, 15) is 9.90 Å². The smallest absolute Gasteiger partial charge is 0.221 e. The van der Waals surface area contributed by atoms with E-state index in [1.54, 1.807) is 13.2 Å². The lowest BCUT2D eigenvalue weighted by Crippen LogP contribution is -2.46. The Morgan fingerprint density at radius 1 is 1.46 bits per heavy atom. The van der Waals surface area contributed by atoms with Crippen molar-refractivity contribution in [3.63, 3.8) is 0 Å². The van der Waals surface area contributed by atoms with E-state index >= 15 is 0 Å². The Morgan fingerprint density at radius 3 is 2.96 bits per heavy atom. The van der Waals surface area contributed by atoms with Crippen LogP contribution in [-0.4, -0.2) is 48.7 Å². The summed E-state index contributed by atoms with van der Waals surface area (Å²) in [6, 6.07) is 5.73. The van der Waals surface area contributed by atoms with E-state index < -0.39 is 0 Å². The van der Waals surface area contributed by atoms with Gasteiger partial charge in [0.2, 0.25) is 5.91 Å². The number of hydrogen-bond acceptors (Lipinski definition) is 5. The van der Waals surface area contributed by atoms with Gasteiger partial charge in [0.05, 0.1) is 7.11 Å². The molecule has 2 rings (SSSR count). The summed E-state index contributed by atoms with van der Waals surface area (Å²) in [6.07, 6.45) is 3.75. The van der Waals surface area contributed by atoms with Crippen LogP contribution in [0.4, 0.5) is 0 Å². The van der Waals surface area contributed by atoms with E-state index in [1.807, 2.05) is 12.1 Å². The standard InChI is InChI=1S/C17H27N3O3.ClH/c1-23-17-13(5-4-7-15(17)21)12-20-10-3-2-6-14(20)11-19-16(22)8-9-18;/h4-5,7,14,21H,2-3,6,8-12,18H2,1H3,(H,19,22);1H. The fraction of sp³-hybridized carbons (Fsp3) is 0.588. The van der Waals surface area contributed by atoms with Crippen LogP contribution >= 0.6 is 12.4 Å². The van der Waals surface area contributed by atoms with E-state index in [0.717, 1.165) is 24.9 Å². The number of likely N-dealkylation sites (tertiary alicyclic amines) is 1. The number of nitrogens with zero attached hydrogens (tertiary/aromatic N) is 1. The van der Waals surface area contributed by atoms with Gasteiger partial charge in [-0.25, -0.2) is 0 Å². The number of benzene rings is 1. The molecule has 1 aromatic rings. The number of ether oxygens (including phenoxy) is 1. The maximum atomic E-state index is 11.6. The number of carbonyl (C=O) groups excluding carboxylic acids is 1. The molecule has 1 unspecified atom stereocenters. The van der Waals surface area contributed by atoms with Gasteiger partial charge in [0.25, 0.3) is 0 Å². The topological polar surface area (TPSA) is 87.8 Å². The van der Waals surface area contributed by atoms with Crippen molar-refractivity contribution in [2.45, 2.75) is 38.3 Å². The monoisotopic (exact) mass is 357 g/mol.